The Labute approximate surface area is 161 Å². The van der Waals surface area contributed by atoms with E-state index >= 15 is 0 Å². The van der Waals surface area contributed by atoms with E-state index in [0.717, 1.165) is 19.3 Å². The fourth-order valence-corrected chi connectivity index (χ4v) is 4.96. The molecule has 1 atom stereocenters. The van der Waals surface area contributed by atoms with Gasteiger partial charge in [0.2, 0.25) is 10.0 Å². The molecule has 0 amide bonds. The van der Waals surface area contributed by atoms with E-state index in [1.165, 1.54) is 28.6 Å². The third kappa shape index (κ3) is 3.97. The Morgan fingerprint density at radius 1 is 1.23 bits per heavy atom. The van der Waals surface area contributed by atoms with Crippen LogP contribution in [-0.2, 0) is 10.0 Å². The Kier molecular flexibility index (Phi) is 5.74. The van der Waals surface area contributed by atoms with Crippen LogP contribution in [0.25, 0.3) is 0 Å². The number of esters is 1. The summed E-state index contributed by atoms with van der Waals surface area (Å²) < 4.78 is 32.9. The van der Waals surface area contributed by atoms with Gasteiger partial charge in [-0.25, -0.2) is 18.2 Å². The number of ether oxygens (including phenoxy) is 1. The molecule has 6 nitrogen and oxygen atoms in total. The van der Waals surface area contributed by atoms with Gasteiger partial charge in [-0.2, -0.15) is 4.31 Å². The van der Waals surface area contributed by atoms with Gasteiger partial charge in [-0.05, 0) is 72.1 Å². The molecule has 0 aliphatic carbocycles. The van der Waals surface area contributed by atoms with Crippen molar-refractivity contribution in [2.24, 2.45) is 0 Å². The molecule has 1 fully saturated rings. The second-order valence-electron chi connectivity index (χ2n) is 6.17. The second-order valence-corrected chi connectivity index (χ2v) is 8.81. The molecule has 138 valence electrons. The number of benzene rings is 1. The molecule has 0 N–H and O–H groups in total. The second kappa shape index (κ2) is 7.85. The molecule has 0 radical (unpaired) electrons. The van der Waals surface area contributed by atoms with Gasteiger partial charge in [-0.15, -0.1) is 0 Å². The number of carbonyl (C=O) groups excluding carboxylic acids is 1. The van der Waals surface area contributed by atoms with E-state index in [1.807, 2.05) is 6.92 Å². The zero-order chi connectivity index (χ0) is 18.7. The summed E-state index contributed by atoms with van der Waals surface area (Å²) in [6.07, 6.45) is 4.35. The quantitative estimate of drug-likeness (QED) is 0.537. The molecule has 1 aromatic heterocycles. The van der Waals surface area contributed by atoms with Crippen molar-refractivity contribution in [2.75, 3.05) is 6.54 Å². The van der Waals surface area contributed by atoms with Gasteiger partial charge in [-0.1, -0.05) is 6.42 Å². The first-order valence-corrected chi connectivity index (χ1v) is 10.6. The highest BCUT2D eigenvalue weighted by Gasteiger charge is 2.31. The molecule has 2 aromatic rings. The topological polar surface area (TPSA) is 76.6 Å². The van der Waals surface area contributed by atoms with Crippen molar-refractivity contribution in [3.63, 3.8) is 0 Å². The minimum Gasteiger partial charge on any atom is -0.420 e. The van der Waals surface area contributed by atoms with Crippen LogP contribution in [0.3, 0.4) is 0 Å². The third-order valence-corrected chi connectivity index (χ3v) is 6.99. The minimum atomic E-state index is -3.56. The summed E-state index contributed by atoms with van der Waals surface area (Å²) >= 11 is 3.21. The van der Waals surface area contributed by atoms with Crippen LogP contribution >= 0.6 is 15.9 Å². The van der Waals surface area contributed by atoms with Gasteiger partial charge in [0.1, 0.15) is 4.60 Å². The normalized spacial score (nSPS) is 18.5. The summed E-state index contributed by atoms with van der Waals surface area (Å²) in [5, 5.41) is 0. The van der Waals surface area contributed by atoms with Crippen molar-refractivity contribution < 1.29 is 17.9 Å². The van der Waals surface area contributed by atoms with Crippen LogP contribution in [0.15, 0.2) is 52.1 Å². The van der Waals surface area contributed by atoms with E-state index in [1.54, 1.807) is 18.3 Å². The number of hydrogen-bond acceptors (Lipinski definition) is 5. The minimum absolute atomic E-state index is 0.0127. The summed E-state index contributed by atoms with van der Waals surface area (Å²) in [6.45, 7) is 2.45. The monoisotopic (exact) mass is 438 g/mol. The molecule has 0 saturated carbocycles. The number of sulfonamides is 1. The first-order valence-electron chi connectivity index (χ1n) is 8.34. The van der Waals surface area contributed by atoms with Crippen LogP contribution in [0.4, 0.5) is 0 Å². The lowest BCUT2D eigenvalue weighted by molar-refractivity contribution is 0.0732. The molecule has 26 heavy (non-hydrogen) atoms. The number of nitrogens with zero attached hydrogens (tertiary/aromatic N) is 2. The predicted octanol–water partition coefficient (Wildman–Crippen LogP) is 3.63. The molecule has 2 heterocycles. The van der Waals surface area contributed by atoms with E-state index < -0.39 is 16.0 Å². The van der Waals surface area contributed by atoms with Crippen LogP contribution < -0.4 is 4.74 Å². The van der Waals surface area contributed by atoms with Crippen LogP contribution in [0.2, 0.25) is 0 Å². The summed E-state index contributed by atoms with van der Waals surface area (Å²) in [4.78, 5) is 16.4. The Bertz CT molecular complexity index is 900. The highest BCUT2D eigenvalue weighted by molar-refractivity contribution is 9.10. The molecule has 0 bridgehead atoms. The lowest BCUT2D eigenvalue weighted by Crippen LogP contribution is -2.41. The van der Waals surface area contributed by atoms with Crippen LogP contribution in [-0.4, -0.2) is 36.3 Å². The van der Waals surface area contributed by atoms with Gasteiger partial charge in [-0.3, -0.25) is 0 Å². The highest BCUT2D eigenvalue weighted by Crippen LogP contribution is 2.26. The van der Waals surface area contributed by atoms with Gasteiger partial charge in [0, 0.05) is 18.8 Å². The first kappa shape index (κ1) is 19.0. The van der Waals surface area contributed by atoms with Crippen molar-refractivity contribution in [1.29, 1.82) is 0 Å². The number of hydrogen-bond donors (Lipinski definition) is 0. The standard InChI is InChI=1S/C18H19BrN2O4S/c1-13-5-2-3-12-21(13)26(23,24)15-9-7-14(8-10-15)18(22)25-16-6-4-11-20-17(16)19/h4,6-11,13H,2-3,5,12H2,1H3. The Morgan fingerprint density at radius 2 is 1.96 bits per heavy atom. The maximum Gasteiger partial charge on any atom is 0.343 e. The third-order valence-electron chi connectivity index (χ3n) is 4.37. The number of aromatic nitrogens is 1. The van der Waals surface area contributed by atoms with Crippen LogP contribution in [0, 0.1) is 0 Å². The van der Waals surface area contributed by atoms with E-state index in [-0.39, 0.29) is 16.5 Å². The van der Waals surface area contributed by atoms with Gasteiger partial charge < -0.3 is 4.74 Å². The summed E-state index contributed by atoms with van der Waals surface area (Å²) in [7, 11) is -3.56. The van der Waals surface area contributed by atoms with Crippen molar-refractivity contribution in [1.82, 2.24) is 9.29 Å². The molecule has 1 saturated heterocycles. The Morgan fingerprint density at radius 3 is 2.62 bits per heavy atom. The summed E-state index contributed by atoms with van der Waals surface area (Å²) in [6, 6.07) is 9.09. The van der Waals surface area contributed by atoms with E-state index in [9.17, 15) is 13.2 Å². The van der Waals surface area contributed by atoms with Crippen molar-refractivity contribution in [3.05, 3.63) is 52.8 Å². The number of carbonyl (C=O) groups is 1. The average molecular weight is 439 g/mol. The fourth-order valence-electron chi connectivity index (χ4n) is 2.93. The molecule has 1 aromatic carbocycles. The molecular weight excluding hydrogens is 420 g/mol. The average Bonchev–Trinajstić information content (AvgIpc) is 2.64. The molecule has 1 unspecified atom stereocenters. The lowest BCUT2D eigenvalue weighted by atomic mass is 10.1. The van der Waals surface area contributed by atoms with Crippen LogP contribution in [0.1, 0.15) is 36.5 Å². The molecular formula is C18H19BrN2O4S. The van der Waals surface area contributed by atoms with E-state index in [2.05, 4.69) is 20.9 Å². The first-order chi connectivity index (χ1) is 12.4. The molecule has 3 rings (SSSR count). The Hall–Kier alpha value is -1.77. The number of piperidine rings is 1. The van der Waals surface area contributed by atoms with Crippen molar-refractivity contribution >= 4 is 31.9 Å². The Balaban J connectivity index is 1.77. The number of rotatable bonds is 4. The van der Waals surface area contributed by atoms with Crippen molar-refractivity contribution in [3.8, 4) is 5.75 Å². The number of halogens is 1. The largest absolute Gasteiger partial charge is 0.420 e. The zero-order valence-corrected chi connectivity index (χ0v) is 16.7. The van der Waals surface area contributed by atoms with Gasteiger partial charge in [0.25, 0.3) is 0 Å². The van der Waals surface area contributed by atoms with E-state index in [4.69, 9.17) is 4.74 Å². The van der Waals surface area contributed by atoms with E-state index in [0.29, 0.717) is 16.9 Å². The smallest absolute Gasteiger partial charge is 0.343 e. The van der Waals surface area contributed by atoms with Gasteiger partial charge in [0.05, 0.1) is 10.5 Å². The van der Waals surface area contributed by atoms with Crippen LogP contribution in [0.5, 0.6) is 5.75 Å². The molecule has 1 aliphatic rings. The SMILES string of the molecule is CC1CCCCN1S(=O)(=O)c1ccc(C(=O)Oc2cccnc2Br)cc1. The molecule has 1 aliphatic heterocycles. The summed E-state index contributed by atoms with van der Waals surface area (Å²) in [5.41, 5.74) is 0.270. The van der Waals surface area contributed by atoms with Crippen molar-refractivity contribution in [2.45, 2.75) is 37.1 Å². The maximum absolute atomic E-state index is 12.8. The lowest BCUT2D eigenvalue weighted by Gasteiger charge is -2.32. The number of pyridine rings is 1. The summed E-state index contributed by atoms with van der Waals surface area (Å²) in [5.74, 6) is -0.273. The molecule has 0 spiro atoms. The maximum atomic E-state index is 12.8. The predicted molar refractivity (Wildman–Crippen MR) is 101 cm³/mol. The van der Waals surface area contributed by atoms with Gasteiger partial charge in [0.15, 0.2) is 5.75 Å². The highest BCUT2D eigenvalue weighted by atomic mass is 79.9. The molecule has 8 heteroatoms. The van der Waals surface area contributed by atoms with Gasteiger partial charge >= 0.3 is 5.97 Å². The zero-order valence-electron chi connectivity index (χ0n) is 14.3. The fraction of sp³-hybridized carbons (Fsp3) is 0.333.